The van der Waals surface area contributed by atoms with Crippen LogP contribution in [-0.4, -0.2) is 5.80 Å². The van der Waals surface area contributed by atoms with Crippen LogP contribution in [0.3, 0.4) is 0 Å². The second-order valence-corrected chi connectivity index (χ2v) is 4.04. The SMILES string of the molecule is C/C(C=P)=C(/C)C1C(C)C1C. The predicted octanol–water partition coefficient (Wildman–Crippen LogP) is 3.17. The average Bonchev–Trinajstić information content (AvgIpc) is 2.57. The Morgan fingerprint density at radius 2 is 1.64 bits per heavy atom. The van der Waals surface area contributed by atoms with E-state index in [1.807, 2.05) is 5.80 Å². The largest absolute Gasteiger partial charge is 0.122 e. The molecule has 2 unspecified atom stereocenters. The highest BCUT2D eigenvalue weighted by molar-refractivity contribution is 7.19. The van der Waals surface area contributed by atoms with E-state index in [2.05, 4.69) is 36.6 Å². The Kier molecular flexibility index (Phi) is 2.54. The molecular formula is C10H17P. The molecule has 0 N–H and O–H groups in total. The Morgan fingerprint density at radius 1 is 1.18 bits per heavy atom. The lowest BCUT2D eigenvalue weighted by atomic mass is 10.1. The van der Waals surface area contributed by atoms with Crippen molar-refractivity contribution in [3.8, 4) is 0 Å². The van der Waals surface area contributed by atoms with Crippen LogP contribution in [0.1, 0.15) is 27.7 Å². The van der Waals surface area contributed by atoms with Crippen molar-refractivity contribution in [3.05, 3.63) is 11.1 Å². The van der Waals surface area contributed by atoms with E-state index in [-0.39, 0.29) is 0 Å². The molecule has 0 spiro atoms. The second-order valence-electron chi connectivity index (χ2n) is 3.75. The van der Waals surface area contributed by atoms with Crippen LogP contribution < -0.4 is 0 Å². The first kappa shape index (κ1) is 9.00. The van der Waals surface area contributed by atoms with Crippen LogP contribution in [0.5, 0.6) is 0 Å². The summed E-state index contributed by atoms with van der Waals surface area (Å²) in [5.74, 6) is 4.67. The molecule has 1 heteroatoms. The van der Waals surface area contributed by atoms with Gasteiger partial charge in [0.25, 0.3) is 0 Å². The third-order valence-electron chi connectivity index (χ3n) is 3.16. The number of hydrogen-bond donors (Lipinski definition) is 0. The molecule has 1 rings (SSSR count). The van der Waals surface area contributed by atoms with Gasteiger partial charge in [-0.2, -0.15) is 0 Å². The molecule has 0 aromatic heterocycles. The van der Waals surface area contributed by atoms with E-state index in [1.54, 1.807) is 5.57 Å². The van der Waals surface area contributed by atoms with Gasteiger partial charge in [0.2, 0.25) is 0 Å². The van der Waals surface area contributed by atoms with Gasteiger partial charge in [-0.1, -0.05) is 19.4 Å². The minimum atomic E-state index is 0.850. The molecule has 0 aliphatic heterocycles. The fourth-order valence-corrected chi connectivity index (χ4v) is 2.06. The van der Waals surface area contributed by atoms with E-state index in [0.717, 1.165) is 17.8 Å². The Labute approximate surface area is 71.9 Å². The van der Waals surface area contributed by atoms with Crippen LogP contribution in [-0.2, 0) is 0 Å². The molecule has 0 amide bonds. The molecule has 1 aliphatic carbocycles. The van der Waals surface area contributed by atoms with Crippen molar-refractivity contribution in [2.24, 2.45) is 17.8 Å². The van der Waals surface area contributed by atoms with Crippen LogP contribution in [0.25, 0.3) is 0 Å². The Morgan fingerprint density at radius 3 is 1.91 bits per heavy atom. The molecule has 11 heavy (non-hydrogen) atoms. The maximum atomic E-state index is 3.41. The van der Waals surface area contributed by atoms with Gasteiger partial charge >= 0.3 is 0 Å². The van der Waals surface area contributed by atoms with Crippen molar-refractivity contribution in [2.45, 2.75) is 27.7 Å². The predicted molar refractivity (Wildman–Crippen MR) is 54.6 cm³/mol. The molecular weight excluding hydrogens is 151 g/mol. The molecule has 1 aliphatic rings. The van der Waals surface area contributed by atoms with E-state index in [4.69, 9.17) is 0 Å². The standard InChI is InChI=1S/C10H17P/c1-6(5-11)7(2)10-8(3)9(10)4/h5,8-11H,1-4H3/b7-6+. The van der Waals surface area contributed by atoms with Crippen molar-refractivity contribution in [2.75, 3.05) is 0 Å². The monoisotopic (exact) mass is 168 g/mol. The summed E-state index contributed by atoms with van der Waals surface area (Å²) in [5, 5.41) is 0. The molecule has 62 valence electrons. The van der Waals surface area contributed by atoms with E-state index in [0.29, 0.717) is 0 Å². The van der Waals surface area contributed by atoms with Crippen molar-refractivity contribution in [3.63, 3.8) is 0 Å². The highest BCUT2D eigenvalue weighted by Gasteiger charge is 2.43. The van der Waals surface area contributed by atoms with Gasteiger partial charge in [0.05, 0.1) is 0 Å². The smallest absolute Gasteiger partial charge is 0.0143 e. The van der Waals surface area contributed by atoms with Gasteiger partial charge in [-0.25, -0.2) is 0 Å². The molecule has 2 atom stereocenters. The third-order valence-corrected chi connectivity index (χ3v) is 3.59. The summed E-state index contributed by atoms with van der Waals surface area (Å²) in [4.78, 5) is 0. The first-order chi connectivity index (χ1) is 5.09. The summed E-state index contributed by atoms with van der Waals surface area (Å²) in [7, 11) is 3.41. The van der Waals surface area contributed by atoms with Crippen molar-refractivity contribution in [1.29, 1.82) is 0 Å². The fourth-order valence-electron chi connectivity index (χ4n) is 1.83. The normalized spacial score (nSPS) is 38.0. The Bertz CT molecular complexity index is 195. The first-order valence-corrected chi connectivity index (χ1v) is 4.85. The summed E-state index contributed by atoms with van der Waals surface area (Å²) in [5.41, 5.74) is 2.95. The molecule has 0 aromatic carbocycles. The quantitative estimate of drug-likeness (QED) is 0.555. The summed E-state index contributed by atoms with van der Waals surface area (Å²) in [6, 6.07) is 0. The van der Waals surface area contributed by atoms with Crippen LogP contribution >= 0.6 is 8.86 Å². The molecule has 0 bridgehead atoms. The molecule has 0 heterocycles. The Hall–Kier alpha value is -0.0900. The summed E-state index contributed by atoms with van der Waals surface area (Å²) in [6.45, 7) is 9.08. The van der Waals surface area contributed by atoms with E-state index < -0.39 is 0 Å². The van der Waals surface area contributed by atoms with Gasteiger partial charge in [-0.15, -0.1) is 8.86 Å². The zero-order chi connectivity index (χ0) is 8.59. The molecule has 0 radical (unpaired) electrons. The minimum Gasteiger partial charge on any atom is -0.122 e. The van der Waals surface area contributed by atoms with E-state index in [9.17, 15) is 0 Å². The maximum Gasteiger partial charge on any atom is -0.0143 e. The molecule has 1 fully saturated rings. The Balaban J connectivity index is 2.70. The van der Waals surface area contributed by atoms with Gasteiger partial charge in [0.1, 0.15) is 0 Å². The summed E-state index contributed by atoms with van der Waals surface area (Å²) >= 11 is 0. The van der Waals surface area contributed by atoms with Gasteiger partial charge < -0.3 is 0 Å². The molecule has 0 saturated heterocycles. The fraction of sp³-hybridized carbons (Fsp3) is 0.700. The molecule has 1 saturated carbocycles. The van der Waals surface area contributed by atoms with E-state index >= 15 is 0 Å². The maximum absolute atomic E-state index is 3.41. The van der Waals surface area contributed by atoms with E-state index in [1.165, 1.54) is 5.57 Å². The number of rotatable bonds is 2. The summed E-state index contributed by atoms with van der Waals surface area (Å²) in [6.07, 6.45) is 0. The van der Waals surface area contributed by atoms with Crippen LogP contribution in [0.4, 0.5) is 0 Å². The number of hydrogen-bond acceptors (Lipinski definition) is 0. The lowest BCUT2D eigenvalue weighted by molar-refractivity contribution is 0.834. The van der Waals surface area contributed by atoms with Crippen LogP contribution in [0.15, 0.2) is 11.1 Å². The zero-order valence-corrected chi connectivity index (χ0v) is 8.81. The zero-order valence-electron chi connectivity index (χ0n) is 7.81. The second kappa shape index (κ2) is 3.11. The van der Waals surface area contributed by atoms with Gasteiger partial charge in [-0.3, -0.25) is 0 Å². The third kappa shape index (κ3) is 1.56. The van der Waals surface area contributed by atoms with Gasteiger partial charge in [0, 0.05) is 0 Å². The highest BCUT2D eigenvalue weighted by atomic mass is 31.0. The van der Waals surface area contributed by atoms with Crippen LogP contribution in [0.2, 0.25) is 0 Å². The van der Waals surface area contributed by atoms with Gasteiger partial charge in [-0.05, 0) is 43.0 Å². The average molecular weight is 168 g/mol. The molecule has 0 nitrogen and oxygen atoms in total. The lowest BCUT2D eigenvalue weighted by Gasteiger charge is -2.00. The van der Waals surface area contributed by atoms with Crippen molar-refractivity contribution in [1.82, 2.24) is 0 Å². The minimum absolute atomic E-state index is 0.850. The topological polar surface area (TPSA) is 0 Å². The number of allylic oxidation sites excluding steroid dienone is 2. The lowest BCUT2D eigenvalue weighted by Crippen LogP contribution is -1.88. The van der Waals surface area contributed by atoms with Gasteiger partial charge in [0.15, 0.2) is 0 Å². The summed E-state index contributed by atoms with van der Waals surface area (Å²) < 4.78 is 0. The van der Waals surface area contributed by atoms with Crippen LogP contribution in [0, 0.1) is 17.8 Å². The first-order valence-electron chi connectivity index (χ1n) is 4.27. The van der Waals surface area contributed by atoms with Crippen molar-refractivity contribution < 1.29 is 0 Å². The van der Waals surface area contributed by atoms with Crippen molar-refractivity contribution >= 4 is 14.7 Å². The molecule has 0 aromatic rings. The highest BCUT2D eigenvalue weighted by Crippen LogP contribution is 2.50.